The minimum atomic E-state index is -1.41. The highest BCUT2D eigenvalue weighted by Gasteiger charge is 2.30. The number of hydrogen-bond donors (Lipinski definition) is 6. The number of rotatable bonds is 6. The standard InChI is InChI=1S/C11H19N3O6/c1-5(9(17)14-8(4-15)11(19)20)13-10(18)7-2-6(16)3-12-7/h5-8,12,15-16H,2-4H2,1H3,(H,13,18)(H,14,17)(H,19,20)/t5-,6+,7-,8-/m0/s1. The summed E-state index contributed by atoms with van der Waals surface area (Å²) < 4.78 is 0. The number of carboxylic acids is 1. The average Bonchev–Trinajstić information content (AvgIpc) is 2.81. The summed E-state index contributed by atoms with van der Waals surface area (Å²) in [6.45, 7) is 0.970. The first-order chi connectivity index (χ1) is 9.35. The average molecular weight is 289 g/mol. The number of aliphatic carboxylic acids is 1. The Kier molecular flexibility index (Phi) is 5.86. The van der Waals surface area contributed by atoms with Crippen molar-refractivity contribution in [3.05, 3.63) is 0 Å². The largest absolute Gasteiger partial charge is 0.480 e. The predicted octanol–water partition coefficient (Wildman–Crippen LogP) is -3.22. The number of hydrogen-bond acceptors (Lipinski definition) is 6. The van der Waals surface area contributed by atoms with E-state index in [0.717, 1.165) is 0 Å². The van der Waals surface area contributed by atoms with Gasteiger partial charge in [0.1, 0.15) is 12.1 Å². The first-order valence-corrected chi connectivity index (χ1v) is 6.21. The van der Waals surface area contributed by atoms with E-state index >= 15 is 0 Å². The van der Waals surface area contributed by atoms with Gasteiger partial charge in [-0.15, -0.1) is 0 Å². The molecule has 0 unspecified atom stereocenters. The quantitative estimate of drug-likeness (QED) is 0.301. The molecule has 1 aliphatic rings. The van der Waals surface area contributed by atoms with E-state index in [0.29, 0.717) is 6.54 Å². The summed E-state index contributed by atoms with van der Waals surface area (Å²) in [5, 5.41) is 34.1. The molecule has 1 aliphatic heterocycles. The maximum absolute atomic E-state index is 11.8. The highest BCUT2D eigenvalue weighted by Crippen LogP contribution is 2.06. The van der Waals surface area contributed by atoms with Crippen molar-refractivity contribution in [2.24, 2.45) is 0 Å². The Labute approximate surface area is 115 Å². The van der Waals surface area contributed by atoms with Crippen LogP contribution in [-0.4, -0.2) is 70.5 Å². The van der Waals surface area contributed by atoms with Gasteiger partial charge in [-0.25, -0.2) is 4.79 Å². The topological polar surface area (TPSA) is 148 Å². The van der Waals surface area contributed by atoms with Gasteiger partial charge in [0.15, 0.2) is 0 Å². The Morgan fingerprint density at radius 2 is 2.00 bits per heavy atom. The number of amides is 2. The van der Waals surface area contributed by atoms with Crippen LogP contribution in [0.25, 0.3) is 0 Å². The van der Waals surface area contributed by atoms with Crippen molar-refractivity contribution in [3.8, 4) is 0 Å². The van der Waals surface area contributed by atoms with Gasteiger partial charge in [-0.2, -0.15) is 0 Å². The molecule has 9 heteroatoms. The summed E-state index contributed by atoms with van der Waals surface area (Å²) in [5.74, 6) is -2.52. The zero-order valence-corrected chi connectivity index (χ0v) is 11.0. The highest BCUT2D eigenvalue weighted by molar-refractivity contribution is 5.91. The number of aliphatic hydroxyl groups excluding tert-OH is 2. The van der Waals surface area contributed by atoms with Crippen molar-refractivity contribution in [2.75, 3.05) is 13.2 Å². The summed E-state index contributed by atoms with van der Waals surface area (Å²) in [7, 11) is 0. The normalized spacial score (nSPS) is 24.8. The van der Waals surface area contributed by atoms with Crippen LogP contribution in [0.2, 0.25) is 0 Å². The zero-order chi connectivity index (χ0) is 15.3. The number of carbonyl (C=O) groups is 3. The van der Waals surface area contributed by atoms with Gasteiger partial charge in [-0.3, -0.25) is 9.59 Å². The van der Waals surface area contributed by atoms with E-state index in [1.165, 1.54) is 6.92 Å². The van der Waals surface area contributed by atoms with Gasteiger partial charge in [-0.1, -0.05) is 0 Å². The van der Waals surface area contributed by atoms with Crippen LogP contribution < -0.4 is 16.0 Å². The Balaban J connectivity index is 2.45. The van der Waals surface area contributed by atoms with Gasteiger partial charge >= 0.3 is 5.97 Å². The first-order valence-electron chi connectivity index (χ1n) is 6.21. The van der Waals surface area contributed by atoms with Crippen molar-refractivity contribution in [1.29, 1.82) is 0 Å². The fourth-order valence-corrected chi connectivity index (χ4v) is 1.78. The molecular weight excluding hydrogens is 270 g/mol. The SMILES string of the molecule is C[C@H](NC(=O)[C@@H]1C[C@@H](O)CN1)C(=O)N[C@@H](CO)C(=O)O. The van der Waals surface area contributed by atoms with E-state index in [2.05, 4.69) is 16.0 Å². The summed E-state index contributed by atoms with van der Waals surface area (Å²) in [4.78, 5) is 34.1. The Bertz CT molecular complexity index is 388. The van der Waals surface area contributed by atoms with Crippen molar-refractivity contribution in [1.82, 2.24) is 16.0 Å². The number of carboxylic acid groups (broad SMARTS) is 1. The molecule has 1 heterocycles. The van der Waals surface area contributed by atoms with Crippen molar-refractivity contribution < 1.29 is 29.7 Å². The predicted molar refractivity (Wildman–Crippen MR) is 66.7 cm³/mol. The molecule has 0 bridgehead atoms. The molecule has 114 valence electrons. The van der Waals surface area contributed by atoms with Crippen LogP contribution >= 0.6 is 0 Å². The molecule has 9 nitrogen and oxygen atoms in total. The molecule has 0 aromatic rings. The molecule has 1 saturated heterocycles. The lowest BCUT2D eigenvalue weighted by Crippen LogP contribution is -2.53. The summed E-state index contributed by atoms with van der Waals surface area (Å²) in [6.07, 6.45) is -0.338. The minimum Gasteiger partial charge on any atom is -0.480 e. The van der Waals surface area contributed by atoms with Crippen molar-refractivity contribution in [3.63, 3.8) is 0 Å². The summed E-state index contributed by atoms with van der Waals surface area (Å²) >= 11 is 0. The van der Waals surface area contributed by atoms with Crippen molar-refractivity contribution in [2.45, 2.75) is 37.6 Å². The summed E-state index contributed by atoms with van der Waals surface area (Å²) in [5.41, 5.74) is 0. The molecule has 1 rings (SSSR count). The molecule has 6 N–H and O–H groups in total. The second-order valence-electron chi connectivity index (χ2n) is 4.66. The van der Waals surface area contributed by atoms with Gasteiger partial charge in [0.25, 0.3) is 0 Å². The Morgan fingerprint density at radius 1 is 1.35 bits per heavy atom. The third-order valence-corrected chi connectivity index (χ3v) is 2.97. The number of aliphatic hydroxyl groups is 2. The van der Waals surface area contributed by atoms with Crippen molar-refractivity contribution >= 4 is 17.8 Å². The molecule has 0 aromatic heterocycles. The monoisotopic (exact) mass is 289 g/mol. The lowest BCUT2D eigenvalue weighted by Gasteiger charge is -2.19. The molecular formula is C11H19N3O6. The van der Waals surface area contributed by atoms with Crippen LogP contribution in [0.5, 0.6) is 0 Å². The molecule has 20 heavy (non-hydrogen) atoms. The smallest absolute Gasteiger partial charge is 0.328 e. The van der Waals surface area contributed by atoms with E-state index in [9.17, 15) is 19.5 Å². The molecule has 0 aromatic carbocycles. The second-order valence-corrected chi connectivity index (χ2v) is 4.66. The van der Waals surface area contributed by atoms with Crippen LogP contribution in [0.15, 0.2) is 0 Å². The zero-order valence-electron chi connectivity index (χ0n) is 11.0. The van der Waals surface area contributed by atoms with E-state index in [1.54, 1.807) is 0 Å². The third-order valence-electron chi connectivity index (χ3n) is 2.97. The molecule has 0 radical (unpaired) electrons. The van der Waals surface area contributed by atoms with Gasteiger partial charge < -0.3 is 31.3 Å². The van der Waals surface area contributed by atoms with Crippen LogP contribution in [0.1, 0.15) is 13.3 Å². The van der Waals surface area contributed by atoms with Crippen LogP contribution in [-0.2, 0) is 14.4 Å². The molecule has 1 fully saturated rings. The van der Waals surface area contributed by atoms with E-state index < -0.39 is 48.6 Å². The first kappa shape index (κ1) is 16.3. The van der Waals surface area contributed by atoms with Gasteiger partial charge in [0.2, 0.25) is 11.8 Å². The minimum absolute atomic E-state index is 0.258. The lowest BCUT2D eigenvalue weighted by molar-refractivity contribution is -0.143. The Morgan fingerprint density at radius 3 is 2.45 bits per heavy atom. The molecule has 0 spiro atoms. The van der Waals surface area contributed by atoms with Gasteiger partial charge in [0.05, 0.1) is 18.8 Å². The number of nitrogens with one attached hydrogen (secondary N) is 3. The van der Waals surface area contributed by atoms with E-state index in [4.69, 9.17) is 10.2 Å². The molecule has 0 saturated carbocycles. The van der Waals surface area contributed by atoms with E-state index in [1.807, 2.05) is 0 Å². The van der Waals surface area contributed by atoms with Gasteiger partial charge in [-0.05, 0) is 13.3 Å². The molecule has 4 atom stereocenters. The molecule has 2 amide bonds. The summed E-state index contributed by atoms with van der Waals surface area (Å²) in [6, 6.07) is -2.93. The fraction of sp³-hybridized carbons (Fsp3) is 0.727. The maximum Gasteiger partial charge on any atom is 0.328 e. The lowest BCUT2D eigenvalue weighted by atomic mass is 10.1. The van der Waals surface area contributed by atoms with Gasteiger partial charge in [0, 0.05) is 6.54 Å². The van der Waals surface area contributed by atoms with Crippen LogP contribution in [0, 0.1) is 0 Å². The molecule has 0 aliphatic carbocycles. The van der Waals surface area contributed by atoms with Crippen LogP contribution in [0.4, 0.5) is 0 Å². The van der Waals surface area contributed by atoms with E-state index in [-0.39, 0.29) is 6.42 Å². The number of β-amino-alcohol motifs (C(OH)–C–C–N with tert-alkyl or cyclic N) is 1. The Hall–Kier alpha value is -1.71. The third kappa shape index (κ3) is 4.44. The van der Waals surface area contributed by atoms with Crippen LogP contribution in [0.3, 0.4) is 0 Å². The number of carbonyl (C=O) groups excluding carboxylic acids is 2. The highest BCUT2D eigenvalue weighted by atomic mass is 16.4. The maximum atomic E-state index is 11.8. The second kappa shape index (κ2) is 7.17. The fourth-order valence-electron chi connectivity index (χ4n) is 1.78.